The maximum absolute atomic E-state index is 13.3. The average Bonchev–Trinajstić information content (AvgIpc) is 3.18. The lowest BCUT2D eigenvalue weighted by atomic mass is 9.96. The molecular weight excluding hydrogens is 398 g/mol. The van der Waals surface area contributed by atoms with Crippen LogP contribution in [0.4, 0.5) is 0 Å². The second kappa shape index (κ2) is 8.32. The van der Waals surface area contributed by atoms with Crippen molar-refractivity contribution in [3.63, 3.8) is 0 Å². The van der Waals surface area contributed by atoms with Crippen molar-refractivity contribution < 1.29 is 12.9 Å². The number of piperidine rings is 1. The van der Waals surface area contributed by atoms with Crippen LogP contribution in [0.5, 0.6) is 0 Å². The second-order valence-electron chi connectivity index (χ2n) is 8.17. The zero-order valence-corrected chi connectivity index (χ0v) is 18.4. The van der Waals surface area contributed by atoms with E-state index in [2.05, 4.69) is 10.1 Å². The number of benzene rings is 2. The predicted molar refractivity (Wildman–Crippen MR) is 116 cm³/mol. The number of hydrogen-bond donors (Lipinski definition) is 0. The quantitative estimate of drug-likeness (QED) is 0.609. The summed E-state index contributed by atoms with van der Waals surface area (Å²) in [5, 5.41) is 4.13. The molecule has 1 aliphatic rings. The van der Waals surface area contributed by atoms with Gasteiger partial charge in [0.05, 0.1) is 4.90 Å². The standard InChI is InChI=1S/C23H27N3O3S/c1-16-10-11-18(3)21(13-16)30(27,28)26-12-6-8-19(15-26)14-22-24-23(25-29-22)20-9-5-4-7-17(20)2/h4-5,7,9-11,13,19H,6,8,12,14-15H2,1-3H3. The second-order valence-corrected chi connectivity index (χ2v) is 10.1. The number of rotatable bonds is 5. The van der Waals surface area contributed by atoms with Crippen LogP contribution in [0, 0.1) is 26.7 Å². The molecule has 158 valence electrons. The van der Waals surface area contributed by atoms with Crippen LogP contribution in [0.3, 0.4) is 0 Å². The Morgan fingerprint density at radius 1 is 1.10 bits per heavy atom. The van der Waals surface area contributed by atoms with Gasteiger partial charge in [0.2, 0.25) is 21.7 Å². The van der Waals surface area contributed by atoms with E-state index in [0.29, 0.717) is 36.1 Å². The van der Waals surface area contributed by atoms with Gasteiger partial charge >= 0.3 is 0 Å². The van der Waals surface area contributed by atoms with E-state index in [0.717, 1.165) is 35.1 Å². The van der Waals surface area contributed by atoms with Crippen LogP contribution in [0.15, 0.2) is 51.9 Å². The number of nitrogens with zero attached hydrogens (tertiary/aromatic N) is 3. The number of aryl methyl sites for hydroxylation is 3. The molecule has 0 N–H and O–H groups in total. The fourth-order valence-corrected chi connectivity index (χ4v) is 5.92. The molecule has 1 aliphatic heterocycles. The van der Waals surface area contributed by atoms with Crippen molar-refractivity contribution in [3.05, 3.63) is 65.0 Å². The van der Waals surface area contributed by atoms with Crippen molar-refractivity contribution in [1.29, 1.82) is 0 Å². The molecule has 0 saturated carbocycles. The summed E-state index contributed by atoms with van der Waals surface area (Å²) in [7, 11) is -3.52. The van der Waals surface area contributed by atoms with Gasteiger partial charge in [-0.2, -0.15) is 9.29 Å². The van der Waals surface area contributed by atoms with Crippen molar-refractivity contribution in [2.24, 2.45) is 5.92 Å². The molecule has 0 radical (unpaired) electrons. The Bertz CT molecular complexity index is 1150. The molecule has 1 unspecified atom stereocenters. The maximum Gasteiger partial charge on any atom is 0.243 e. The third-order valence-corrected chi connectivity index (χ3v) is 7.77. The summed E-state index contributed by atoms with van der Waals surface area (Å²) in [6, 6.07) is 13.5. The molecule has 6 nitrogen and oxygen atoms in total. The number of sulfonamides is 1. The van der Waals surface area contributed by atoms with E-state index < -0.39 is 10.0 Å². The molecule has 0 aliphatic carbocycles. The van der Waals surface area contributed by atoms with Gasteiger partial charge in [0.15, 0.2) is 0 Å². The Balaban J connectivity index is 1.50. The number of aromatic nitrogens is 2. The fraction of sp³-hybridized carbons (Fsp3) is 0.391. The number of hydrogen-bond acceptors (Lipinski definition) is 5. The Morgan fingerprint density at radius 2 is 1.90 bits per heavy atom. The van der Waals surface area contributed by atoms with Crippen molar-refractivity contribution in [3.8, 4) is 11.4 Å². The van der Waals surface area contributed by atoms with Crippen LogP contribution in [-0.4, -0.2) is 36.0 Å². The van der Waals surface area contributed by atoms with Gasteiger partial charge in [-0.25, -0.2) is 8.42 Å². The molecule has 1 aromatic heterocycles. The first-order valence-corrected chi connectivity index (χ1v) is 11.7. The molecule has 0 amide bonds. The summed E-state index contributed by atoms with van der Waals surface area (Å²) in [6.07, 6.45) is 2.35. The van der Waals surface area contributed by atoms with Gasteiger partial charge in [-0.05, 0) is 62.3 Å². The highest BCUT2D eigenvalue weighted by atomic mass is 32.2. The summed E-state index contributed by atoms with van der Waals surface area (Å²) in [5.74, 6) is 1.30. The first-order valence-electron chi connectivity index (χ1n) is 10.3. The highest BCUT2D eigenvalue weighted by Gasteiger charge is 2.32. The van der Waals surface area contributed by atoms with Gasteiger partial charge in [-0.1, -0.05) is 41.6 Å². The molecule has 3 aromatic rings. The van der Waals surface area contributed by atoms with Crippen molar-refractivity contribution in [2.45, 2.75) is 44.9 Å². The van der Waals surface area contributed by atoms with Crippen LogP contribution in [0.25, 0.3) is 11.4 Å². The third-order valence-electron chi connectivity index (χ3n) is 5.76. The average molecular weight is 426 g/mol. The highest BCUT2D eigenvalue weighted by molar-refractivity contribution is 7.89. The van der Waals surface area contributed by atoms with E-state index in [9.17, 15) is 8.42 Å². The van der Waals surface area contributed by atoms with Crippen molar-refractivity contribution >= 4 is 10.0 Å². The van der Waals surface area contributed by atoms with Crippen LogP contribution in [-0.2, 0) is 16.4 Å². The van der Waals surface area contributed by atoms with Gasteiger partial charge in [-0.15, -0.1) is 0 Å². The Morgan fingerprint density at radius 3 is 2.70 bits per heavy atom. The lowest BCUT2D eigenvalue weighted by Crippen LogP contribution is -2.40. The highest BCUT2D eigenvalue weighted by Crippen LogP contribution is 2.28. The first kappa shape index (κ1) is 20.8. The van der Waals surface area contributed by atoms with Gasteiger partial charge in [0, 0.05) is 25.1 Å². The maximum atomic E-state index is 13.3. The van der Waals surface area contributed by atoms with Crippen LogP contribution >= 0.6 is 0 Å². The Hall–Kier alpha value is -2.51. The molecule has 0 bridgehead atoms. The van der Waals surface area contributed by atoms with Crippen molar-refractivity contribution in [2.75, 3.05) is 13.1 Å². The summed E-state index contributed by atoms with van der Waals surface area (Å²) in [4.78, 5) is 4.97. The van der Waals surface area contributed by atoms with Gasteiger partial charge in [0.25, 0.3) is 0 Å². The lowest BCUT2D eigenvalue weighted by molar-refractivity contribution is 0.247. The van der Waals surface area contributed by atoms with Gasteiger partial charge in [-0.3, -0.25) is 0 Å². The van der Waals surface area contributed by atoms with E-state index in [1.54, 1.807) is 10.4 Å². The topological polar surface area (TPSA) is 76.3 Å². The zero-order chi connectivity index (χ0) is 21.3. The Kier molecular flexibility index (Phi) is 5.75. The molecular formula is C23H27N3O3S. The van der Waals surface area contributed by atoms with E-state index in [1.165, 1.54) is 0 Å². The van der Waals surface area contributed by atoms with E-state index in [1.807, 2.05) is 57.2 Å². The largest absolute Gasteiger partial charge is 0.339 e. The summed E-state index contributed by atoms with van der Waals surface area (Å²) >= 11 is 0. The zero-order valence-electron chi connectivity index (χ0n) is 17.6. The minimum absolute atomic E-state index is 0.156. The van der Waals surface area contributed by atoms with Crippen LogP contribution < -0.4 is 0 Å². The molecule has 4 rings (SSSR count). The monoisotopic (exact) mass is 425 g/mol. The van der Waals surface area contributed by atoms with E-state index in [-0.39, 0.29) is 5.92 Å². The van der Waals surface area contributed by atoms with Gasteiger partial charge < -0.3 is 4.52 Å². The third kappa shape index (κ3) is 4.18. The van der Waals surface area contributed by atoms with Crippen molar-refractivity contribution in [1.82, 2.24) is 14.4 Å². The summed E-state index contributed by atoms with van der Waals surface area (Å²) in [6.45, 7) is 6.79. The molecule has 2 aromatic carbocycles. The summed E-state index contributed by atoms with van der Waals surface area (Å²) < 4.78 is 33.6. The Labute approximate surface area is 178 Å². The predicted octanol–water partition coefficient (Wildman–Crippen LogP) is 4.31. The smallest absolute Gasteiger partial charge is 0.243 e. The molecule has 30 heavy (non-hydrogen) atoms. The molecule has 1 atom stereocenters. The minimum atomic E-state index is -3.52. The van der Waals surface area contributed by atoms with E-state index >= 15 is 0 Å². The SMILES string of the molecule is Cc1ccc(C)c(S(=O)(=O)N2CCCC(Cc3nc(-c4ccccc4C)no3)C2)c1. The molecule has 1 fully saturated rings. The van der Waals surface area contributed by atoms with Gasteiger partial charge in [0.1, 0.15) is 0 Å². The summed E-state index contributed by atoms with van der Waals surface area (Å²) in [5.41, 5.74) is 3.77. The minimum Gasteiger partial charge on any atom is -0.339 e. The van der Waals surface area contributed by atoms with Crippen LogP contribution in [0.2, 0.25) is 0 Å². The first-order chi connectivity index (χ1) is 14.3. The normalized spacial score (nSPS) is 17.9. The lowest BCUT2D eigenvalue weighted by Gasteiger charge is -2.31. The molecule has 0 spiro atoms. The molecule has 1 saturated heterocycles. The van der Waals surface area contributed by atoms with Crippen LogP contribution in [0.1, 0.15) is 35.4 Å². The molecule has 2 heterocycles. The molecule has 7 heteroatoms. The fourth-order valence-electron chi connectivity index (χ4n) is 4.05. The van der Waals surface area contributed by atoms with E-state index in [4.69, 9.17) is 4.52 Å².